The van der Waals surface area contributed by atoms with Crippen LogP contribution in [0.25, 0.3) is 21.3 Å². The Kier molecular flexibility index (Phi) is 5.30. The number of carbonyl (C=O) groups is 1. The normalized spacial score (nSPS) is 13.0. The average Bonchev–Trinajstić information content (AvgIpc) is 3.14. The van der Waals surface area contributed by atoms with E-state index in [1.165, 1.54) is 46.7 Å². The number of amides is 1. The Balaban J connectivity index is 1.60. The summed E-state index contributed by atoms with van der Waals surface area (Å²) in [5.41, 5.74) is 13.1. The number of nitro groups is 1. The van der Waals surface area contributed by atoms with Crippen LogP contribution in [0.4, 0.5) is 17.1 Å². The fourth-order valence-corrected chi connectivity index (χ4v) is 5.39. The fourth-order valence-electron chi connectivity index (χ4n) is 4.37. The van der Waals surface area contributed by atoms with E-state index in [-0.39, 0.29) is 11.6 Å². The van der Waals surface area contributed by atoms with Gasteiger partial charge in [0.25, 0.3) is 11.6 Å². The van der Waals surface area contributed by atoms with Crippen LogP contribution in [0.1, 0.15) is 39.3 Å². The Bertz CT molecular complexity index is 1390. The highest BCUT2D eigenvalue weighted by molar-refractivity contribution is 7.21. The number of aryl methyl sites for hydroxylation is 2. The number of nitrogens with one attached hydrogen (secondary N) is 1. The molecule has 5 rings (SSSR count). The van der Waals surface area contributed by atoms with Gasteiger partial charge in [-0.2, -0.15) is 0 Å². The van der Waals surface area contributed by atoms with Crippen LogP contribution in [0.2, 0.25) is 0 Å². The molecule has 0 aliphatic heterocycles. The quantitative estimate of drug-likeness (QED) is 0.292. The van der Waals surface area contributed by atoms with Crippen molar-refractivity contribution in [2.45, 2.75) is 32.6 Å². The highest BCUT2D eigenvalue weighted by atomic mass is 32.1. The van der Waals surface area contributed by atoms with E-state index >= 15 is 0 Å². The van der Waals surface area contributed by atoms with E-state index in [4.69, 9.17) is 10.7 Å². The van der Waals surface area contributed by atoms with Gasteiger partial charge in [0.1, 0.15) is 9.71 Å². The molecule has 0 atom stereocenters. The van der Waals surface area contributed by atoms with Crippen LogP contribution >= 0.6 is 11.3 Å². The van der Waals surface area contributed by atoms with Gasteiger partial charge in [0.2, 0.25) is 0 Å². The third-order valence-corrected chi connectivity index (χ3v) is 7.13. The molecule has 2 aromatic carbocycles. The molecule has 0 bridgehead atoms. The molecular weight excluding hydrogens is 436 g/mol. The maximum atomic E-state index is 13.1. The monoisotopic (exact) mass is 458 g/mol. The second-order valence-corrected chi connectivity index (χ2v) is 9.27. The number of nitro benzene ring substituents is 1. The van der Waals surface area contributed by atoms with Crippen LogP contribution in [0.5, 0.6) is 0 Å². The Labute approximate surface area is 194 Å². The first-order chi connectivity index (χ1) is 15.9. The number of nitrogens with two attached hydrogens (primary N) is 1. The van der Waals surface area contributed by atoms with Crippen LogP contribution < -0.4 is 11.1 Å². The molecule has 3 N–H and O–H groups in total. The highest BCUT2D eigenvalue weighted by Gasteiger charge is 2.26. The second kappa shape index (κ2) is 8.29. The van der Waals surface area contributed by atoms with Crippen LogP contribution in [0, 0.1) is 17.0 Å². The number of anilines is 2. The average molecular weight is 459 g/mol. The molecule has 0 radical (unpaired) electrons. The van der Waals surface area contributed by atoms with Crippen molar-refractivity contribution < 1.29 is 9.72 Å². The Morgan fingerprint density at radius 3 is 2.48 bits per heavy atom. The van der Waals surface area contributed by atoms with E-state index in [0.717, 1.165) is 52.7 Å². The van der Waals surface area contributed by atoms with E-state index in [0.29, 0.717) is 16.3 Å². The van der Waals surface area contributed by atoms with Crippen molar-refractivity contribution in [1.29, 1.82) is 0 Å². The smallest absolute Gasteiger partial charge is 0.269 e. The summed E-state index contributed by atoms with van der Waals surface area (Å²) in [6, 6.07) is 14.1. The third kappa shape index (κ3) is 3.82. The molecule has 4 aromatic rings. The number of non-ortho nitro benzene ring substituents is 1. The summed E-state index contributed by atoms with van der Waals surface area (Å²) in [7, 11) is 0. The van der Waals surface area contributed by atoms with Crippen LogP contribution in [0.15, 0.2) is 48.5 Å². The lowest BCUT2D eigenvalue weighted by atomic mass is 9.87. The van der Waals surface area contributed by atoms with Gasteiger partial charge in [-0.3, -0.25) is 14.9 Å². The van der Waals surface area contributed by atoms with Crippen LogP contribution in [-0.4, -0.2) is 15.8 Å². The lowest BCUT2D eigenvalue weighted by Crippen LogP contribution is -2.12. The highest BCUT2D eigenvalue weighted by Crippen LogP contribution is 2.44. The zero-order valence-corrected chi connectivity index (χ0v) is 18.9. The van der Waals surface area contributed by atoms with Crippen molar-refractivity contribution in [2.24, 2.45) is 0 Å². The lowest BCUT2D eigenvalue weighted by Gasteiger charge is -2.20. The number of hydrogen-bond acceptors (Lipinski definition) is 6. The second-order valence-electron chi connectivity index (χ2n) is 8.27. The molecule has 0 fully saturated rings. The van der Waals surface area contributed by atoms with Crippen molar-refractivity contribution in [3.05, 3.63) is 80.3 Å². The van der Waals surface area contributed by atoms with Crippen molar-refractivity contribution in [3.63, 3.8) is 0 Å². The number of thiophene rings is 1. The van der Waals surface area contributed by atoms with Crippen LogP contribution in [0.3, 0.4) is 0 Å². The van der Waals surface area contributed by atoms with E-state index in [1.54, 1.807) is 0 Å². The topological polar surface area (TPSA) is 111 Å². The zero-order valence-electron chi connectivity index (χ0n) is 18.1. The molecule has 8 heteroatoms. The molecule has 2 aromatic heterocycles. The first-order valence-electron chi connectivity index (χ1n) is 10.8. The third-order valence-electron chi connectivity index (χ3n) is 6.04. The van der Waals surface area contributed by atoms with Crippen molar-refractivity contribution >= 4 is 44.5 Å². The molecule has 0 spiro atoms. The molecule has 0 saturated carbocycles. The summed E-state index contributed by atoms with van der Waals surface area (Å²) in [6.45, 7) is 2.06. The van der Waals surface area contributed by atoms with Crippen molar-refractivity contribution in [2.75, 3.05) is 11.1 Å². The van der Waals surface area contributed by atoms with Gasteiger partial charge in [-0.15, -0.1) is 11.3 Å². The molecule has 166 valence electrons. The summed E-state index contributed by atoms with van der Waals surface area (Å²) < 4.78 is 0. The van der Waals surface area contributed by atoms with Gasteiger partial charge in [-0.25, -0.2) is 4.98 Å². The molecule has 0 unspecified atom stereocenters. The van der Waals surface area contributed by atoms with Gasteiger partial charge in [-0.05, 0) is 61.4 Å². The van der Waals surface area contributed by atoms with Gasteiger partial charge in [0.05, 0.1) is 10.6 Å². The largest absolute Gasteiger partial charge is 0.397 e. The van der Waals surface area contributed by atoms with Crippen molar-refractivity contribution in [3.8, 4) is 11.1 Å². The predicted molar refractivity (Wildman–Crippen MR) is 132 cm³/mol. The summed E-state index contributed by atoms with van der Waals surface area (Å²) in [4.78, 5) is 29.6. The molecule has 1 amide bonds. The minimum Gasteiger partial charge on any atom is -0.397 e. The summed E-state index contributed by atoms with van der Waals surface area (Å²) in [5.74, 6) is -0.350. The number of carbonyl (C=O) groups excluding carboxylic acids is 1. The summed E-state index contributed by atoms with van der Waals surface area (Å²) in [6.07, 6.45) is 4.08. The first kappa shape index (κ1) is 21.1. The fraction of sp³-hybridized carbons (Fsp3) is 0.200. The Morgan fingerprint density at radius 2 is 1.79 bits per heavy atom. The standard InChI is InChI=1S/C25H22N4O3S/c1-14-6-8-15(9-7-14)20-18-4-2-3-5-19(18)28-25-21(20)22(26)23(33-25)24(30)27-16-10-12-17(13-11-16)29(31)32/h6-13H,2-5,26H2,1H3,(H,27,30). The van der Waals surface area contributed by atoms with E-state index in [2.05, 4.69) is 36.5 Å². The van der Waals surface area contributed by atoms with E-state index in [9.17, 15) is 14.9 Å². The lowest BCUT2D eigenvalue weighted by molar-refractivity contribution is -0.384. The van der Waals surface area contributed by atoms with Gasteiger partial charge in [0.15, 0.2) is 0 Å². The van der Waals surface area contributed by atoms with Gasteiger partial charge in [-0.1, -0.05) is 29.8 Å². The van der Waals surface area contributed by atoms with Gasteiger partial charge >= 0.3 is 0 Å². The number of pyridine rings is 1. The van der Waals surface area contributed by atoms with Gasteiger partial charge < -0.3 is 11.1 Å². The molecule has 33 heavy (non-hydrogen) atoms. The Morgan fingerprint density at radius 1 is 1.09 bits per heavy atom. The van der Waals surface area contributed by atoms with Crippen LogP contribution in [-0.2, 0) is 12.8 Å². The molecule has 1 aliphatic carbocycles. The van der Waals surface area contributed by atoms with E-state index < -0.39 is 4.92 Å². The number of benzene rings is 2. The Hall–Kier alpha value is -3.78. The maximum absolute atomic E-state index is 13.1. The number of rotatable bonds is 4. The first-order valence-corrected chi connectivity index (χ1v) is 11.6. The van der Waals surface area contributed by atoms with Crippen molar-refractivity contribution in [1.82, 2.24) is 4.98 Å². The minimum atomic E-state index is -0.477. The number of nitrogen functional groups attached to an aromatic ring is 1. The minimum absolute atomic E-state index is 0.0353. The van der Waals surface area contributed by atoms with E-state index in [1.807, 2.05) is 0 Å². The summed E-state index contributed by atoms with van der Waals surface area (Å²) in [5, 5.41) is 14.5. The predicted octanol–water partition coefficient (Wildman–Crippen LogP) is 5.89. The molecule has 7 nitrogen and oxygen atoms in total. The molecule has 1 aliphatic rings. The zero-order chi connectivity index (χ0) is 23.1. The van der Waals surface area contributed by atoms with Gasteiger partial charge in [0, 0.05) is 28.9 Å². The number of hydrogen-bond donors (Lipinski definition) is 2. The summed E-state index contributed by atoms with van der Waals surface area (Å²) >= 11 is 1.29. The molecule has 2 heterocycles. The maximum Gasteiger partial charge on any atom is 0.269 e. The molecule has 0 saturated heterocycles. The number of nitrogens with zero attached hydrogens (tertiary/aromatic N) is 2. The number of aromatic nitrogens is 1. The molecular formula is C25H22N4O3S. The SMILES string of the molecule is Cc1ccc(-c2c3c(nc4sc(C(=O)Nc5ccc([N+](=O)[O-])cc5)c(N)c24)CCCC3)cc1. The number of fused-ring (bicyclic) bond motifs is 2.